The van der Waals surface area contributed by atoms with Gasteiger partial charge in [0, 0.05) is 5.69 Å². The second-order valence-electron chi connectivity index (χ2n) is 9.24. The molecule has 4 aromatic carbocycles. The summed E-state index contributed by atoms with van der Waals surface area (Å²) in [5.74, 6) is -1.48. The monoisotopic (exact) mass is 596 g/mol. The molecule has 0 spiro atoms. The summed E-state index contributed by atoms with van der Waals surface area (Å²) in [5.41, 5.74) is 2.14. The number of carbonyl (C=O) groups is 4. The van der Waals surface area contributed by atoms with Gasteiger partial charge in [0.1, 0.15) is 28.8 Å². The maximum Gasteiger partial charge on any atom is 0.343 e. The second kappa shape index (κ2) is 13.1. The lowest BCUT2D eigenvalue weighted by atomic mass is 10.2. The highest BCUT2D eigenvalue weighted by Crippen LogP contribution is 2.30. The maximum absolute atomic E-state index is 13.1. The van der Waals surface area contributed by atoms with E-state index in [1.165, 1.54) is 36.4 Å². The van der Waals surface area contributed by atoms with Crippen LogP contribution in [0, 0.1) is 0 Å². The highest BCUT2D eigenvalue weighted by atomic mass is 35.5. The first-order valence-electron chi connectivity index (χ1n) is 13.3. The van der Waals surface area contributed by atoms with Crippen molar-refractivity contribution in [2.24, 2.45) is 0 Å². The van der Waals surface area contributed by atoms with E-state index in [0.29, 0.717) is 23.8 Å². The number of carbonyl (C=O) groups excluding carboxylic acids is 4. The van der Waals surface area contributed by atoms with Crippen LogP contribution in [-0.4, -0.2) is 30.4 Å². The summed E-state index contributed by atoms with van der Waals surface area (Å²) >= 11 is 6.22. The van der Waals surface area contributed by atoms with Gasteiger partial charge in [0.25, 0.3) is 11.8 Å². The smallest absolute Gasteiger partial charge is 0.343 e. The highest BCUT2D eigenvalue weighted by Gasteiger charge is 2.39. The van der Waals surface area contributed by atoms with Gasteiger partial charge in [0.2, 0.25) is 0 Å². The molecule has 0 atom stereocenters. The Morgan fingerprint density at radius 3 is 2.00 bits per heavy atom. The fourth-order valence-electron chi connectivity index (χ4n) is 4.15. The maximum atomic E-state index is 13.1. The third-order valence-corrected chi connectivity index (χ3v) is 6.69. The minimum Gasteiger partial charge on any atom is -0.489 e. The van der Waals surface area contributed by atoms with Crippen molar-refractivity contribution < 1.29 is 33.4 Å². The van der Waals surface area contributed by atoms with Gasteiger partial charge < -0.3 is 19.5 Å². The van der Waals surface area contributed by atoms with E-state index in [1.807, 2.05) is 30.3 Å². The lowest BCUT2D eigenvalue weighted by molar-refractivity contribution is -0.120. The van der Waals surface area contributed by atoms with E-state index in [2.05, 4.69) is 5.32 Å². The molecule has 4 aromatic rings. The topological polar surface area (TPSA) is 111 Å². The SMILES string of the molecule is CCOC(=O)c1ccc(N2C(=O)C(Cl)=C(Nc3ccc(C(=O)Oc4ccc(OCc5ccccc5)cc4)cc3)C2=O)cc1. The molecule has 10 heteroatoms. The Labute approximate surface area is 252 Å². The molecular weight excluding hydrogens is 572 g/mol. The van der Waals surface area contributed by atoms with Gasteiger partial charge in [-0.25, -0.2) is 14.5 Å². The minimum atomic E-state index is -0.713. The van der Waals surface area contributed by atoms with Gasteiger partial charge in [-0.1, -0.05) is 41.9 Å². The van der Waals surface area contributed by atoms with E-state index in [9.17, 15) is 19.2 Å². The quantitative estimate of drug-likeness (QED) is 0.133. The number of imide groups is 1. The first-order chi connectivity index (χ1) is 20.8. The predicted molar refractivity (Wildman–Crippen MR) is 160 cm³/mol. The van der Waals surface area contributed by atoms with Crippen LogP contribution in [0.2, 0.25) is 0 Å². The molecule has 9 nitrogen and oxygen atoms in total. The van der Waals surface area contributed by atoms with Gasteiger partial charge in [-0.15, -0.1) is 0 Å². The normalized spacial score (nSPS) is 12.7. The zero-order valence-corrected chi connectivity index (χ0v) is 23.7. The van der Waals surface area contributed by atoms with Crippen molar-refractivity contribution >= 4 is 46.7 Å². The number of hydrogen-bond donors (Lipinski definition) is 1. The molecule has 0 aromatic heterocycles. The second-order valence-corrected chi connectivity index (χ2v) is 9.62. The number of nitrogens with zero attached hydrogens (tertiary/aromatic N) is 1. The molecule has 1 aliphatic rings. The van der Waals surface area contributed by atoms with Gasteiger partial charge in [-0.05, 0) is 85.3 Å². The van der Waals surface area contributed by atoms with E-state index < -0.39 is 23.8 Å². The molecule has 0 saturated heterocycles. The lowest BCUT2D eigenvalue weighted by Gasteiger charge is -2.15. The van der Waals surface area contributed by atoms with Crippen molar-refractivity contribution in [1.82, 2.24) is 0 Å². The Hall–Kier alpha value is -5.41. The number of esters is 2. The number of nitrogens with one attached hydrogen (secondary N) is 1. The summed E-state index contributed by atoms with van der Waals surface area (Å²) in [5, 5.41) is 2.57. The fourth-order valence-corrected chi connectivity index (χ4v) is 4.36. The summed E-state index contributed by atoms with van der Waals surface area (Å²) in [7, 11) is 0. The van der Waals surface area contributed by atoms with Crippen LogP contribution in [0.5, 0.6) is 11.5 Å². The van der Waals surface area contributed by atoms with Crippen molar-refractivity contribution in [2.45, 2.75) is 13.5 Å². The Bertz CT molecular complexity index is 1680. The molecule has 2 amide bonds. The van der Waals surface area contributed by atoms with Crippen LogP contribution in [0.4, 0.5) is 11.4 Å². The first-order valence-corrected chi connectivity index (χ1v) is 13.6. The van der Waals surface area contributed by atoms with Crippen LogP contribution in [0.25, 0.3) is 0 Å². The fraction of sp³-hybridized carbons (Fsp3) is 0.0909. The third-order valence-electron chi connectivity index (χ3n) is 6.34. The molecule has 43 heavy (non-hydrogen) atoms. The van der Waals surface area contributed by atoms with Gasteiger partial charge in [-0.3, -0.25) is 9.59 Å². The summed E-state index contributed by atoms with van der Waals surface area (Å²) in [6.07, 6.45) is 0. The number of rotatable bonds is 10. The summed E-state index contributed by atoms with van der Waals surface area (Å²) in [4.78, 5) is 51.4. The molecule has 0 saturated carbocycles. The molecule has 216 valence electrons. The van der Waals surface area contributed by atoms with Crippen LogP contribution in [0.3, 0.4) is 0 Å². The van der Waals surface area contributed by atoms with E-state index in [-0.39, 0.29) is 34.2 Å². The van der Waals surface area contributed by atoms with Crippen molar-refractivity contribution in [3.8, 4) is 11.5 Å². The Balaban J connectivity index is 1.18. The minimum absolute atomic E-state index is 0.119. The average Bonchev–Trinajstić information content (AvgIpc) is 3.24. The van der Waals surface area contributed by atoms with Gasteiger partial charge >= 0.3 is 11.9 Å². The van der Waals surface area contributed by atoms with Gasteiger partial charge in [-0.2, -0.15) is 0 Å². The van der Waals surface area contributed by atoms with Gasteiger partial charge in [0.05, 0.1) is 23.4 Å². The van der Waals surface area contributed by atoms with E-state index >= 15 is 0 Å². The number of anilines is 2. The molecule has 1 aliphatic heterocycles. The summed E-state index contributed by atoms with van der Waals surface area (Å²) in [6.45, 7) is 2.34. The van der Waals surface area contributed by atoms with E-state index in [4.69, 9.17) is 25.8 Å². The van der Waals surface area contributed by atoms with Crippen molar-refractivity contribution in [3.63, 3.8) is 0 Å². The van der Waals surface area contributed by atoms with Crippen LogP contribution in [0.1, 0.15) is 33.2 Å². The lowest BCUT2D eigenvalue weighted by Crippen LogP contribution is -2.32. The third kappa shape index (κ3) is 6.74. The van der Waals surface area contributed by atoms with E-state index in [1.54, 1.807) is 43.3 Å². The molecule has 5 rings (SSSR count). The Kier molecular flexibility index (Phi) is 8.83. The van der Waals surface area contributed by atoms with Crippen molar-refractivity contribution in [2.75, 3.05) is 16.8 Å². The number of amides is 2. The van der Waals surface area contributed by atoms with Crippen LogP contribution >= 0.6 is 11.6 Å². The average molecular weight is 597 g/mol. The molecule has 0 aliphatic carbocycles. The number of hydrogen-bond acceptors (Lipinski definition) is 8. The van der Waals surface area contributed by atoms with Crippen LogP contribution < -0.4 is 19.7 Å². The molecule has 0 radical (unpaired) electrons. The van der Waals surface area contributed by atoms with E-state index in [0.717, 1.165) is 10.5 Å². The molecule has 1 N–H and O–H groups in total. The number of ether oxygens (including phenoxy) is 3. The molecule has 0 bridgehead atoms. The highest BCUT2D eigenvalue weighted by molar-refractivity contribution is 6.53. The zero-order chi connectivity index (χ0) is 30.3. The predicted octanol–water partition coefficient (Wildman–Crippen LogP) is 6.10. The van der Waals surface area contributed by atoms with Crippen LogP contribution in [-0.2, 0) is 20.9 Å². The number of benzene rings is 4. The van der Waals surface area contributed by atoms with Crippen molar-refractivity contribution in [3.05, 3.63) is 131 Å². The Morgan fingerprint density at radius 2 is 1.35 bits per heavy atom. The molecule has 0 fully saturated rings. The largest absolute Gasteiger partial charge is 0.489 e. The first kappa shape index (κ1) is 29.1. The van der Waals surface area contributed by atoms with Gasteiger partial charge in [0.15, 0.2) is 0 Å². The van der Waals surface area contributed by atoms with Crippen molar-refractivity contribution in [1.29, 1.82) is 0 Å². The summed E-state index contributed by atoms with van der Waals surface area (Å²) < 4.78 is 16.2. The summed E-state index contributed by atoms with van der Waals surface area (Å²) in [6, 6.07) is 28.5. The van der Waals surface area contributed by atoms with Crippen LogP contribution in [0.15, 0.2) is 114 Å². The number of halogens is 1. The molecular formula is C33H25ClN2O7. The Morgan fingerprint density at radius 1 is 0.744 bits per heavy atom. The molecule has 1 heterocycles. The molecule has 0 unspecified atom stereocenters. The zero-order valence-electron chi connectivity index (χ0n) is 22.9. The standard InChI is InChI=1S/C33H25ClN2O7/c1-2-41-32(39)22-10-14-25(15-11-22)36-30(37)28(34)29(31(36)38)35-24-12-8-23(9-13-24)33(40)43-27-18-16-26(17-19-27)42-20-21-6-4-3-5-7-21/h3-19,35H,2,20H2,1H3.